The maximum atomic E-state index is 13.5. The van der Waals surface area contributed by atoms with Gasteiger partial charge >= 0.3 is 0 Å². The van der Waals surface area contributed by atoms with Gasteiger partial charge in [-0.2, -0.15) is 0 Å². The average molecular weight is 293 g/mol. The minimum absolute atomic E-state index is 0.220. The van der Waals surface area contributed by atoms with Gasteiger partial charge in [-0.1, -0.05) is 19.9 Å². The Morgan fingerprint density at radius 2 is 1.90 bits per heavy atom. The van der Waals surface area contributed by atoms with Gasteiger partial charge in [0.1, 0.15) is 5.82 Å². The number of hydrogen-bond donors (Lipinski definition) is 2. The number of aryl methyl sites for hydroxylation is 1. The molecule has 0 saturated heterocycles. The number of aliphatic hydroxyl groups is 1. The van der Waals surface area contributed by atoms with Gasteiger partial charge in [-0.05, 0) is 55.7 Å². The summed E-state index contributed by atoms with van der Waals surface area (Å²) in [6.07, 6.45) is 3.25. The first kappa shape index (κ1) is 16.0. The third-order valence-corrected chi connectivity index (χ3v) is 4.55. The molecule has 1 aromatic rings. The van der Waals surface area contributed by atoms with Crippen molar-refractivity contribution in [2.75, 3.05) is 6.54 Å². The van der Waals surface area contributed by atoms with Crippen molar-refractivity contribution in [3.05, 3.63) is 35.1 Å². The third kappa shape index (κ3) is 4.03. The zero-order chi connectivity index (χ0) is 15.7. The van der Waals surface area contributed by atoms with E-state index >= 15 is 0 Å². The first-order valence-electron chi connectivity index (χ1n) is 7.48. The minimum Gasteiger partial charge on any atom is -0.388 e. The highest BCUT2D eigenvalue weighted by Crippen LogP contribution is 2.39. The second kappa shape index (κ2) is 5.76. The SMILES string of the molecule is Cc1ccc(C(=O)NCC2(O)CCC(C)(C)CC2)cc1F. The van der Waals surface area contributed by atoms with E-state index in [1.165, 1.54) is 6.07 Å². The van der Waals surface area contributed by atoms with Gasteiger partial charge in [-0.15, -0.1) is 0 Å². The molecule has 1 amide bonds. The van der Waals surface area contributed by atoms with Crippen molar-refractivity contribution < 1.29 is 14.3 Å². The Morgan fingerprint density at radius 1 is 1.29 bits per heavy atom. The number of nitrogens with one attached hydrogen (secondary N) is 1. The summed E-state index contributed by atoms with van der Waals surface area (Å²) < 4.78 is 13.5. The molecule has 2 rings (SSSR count). The van der Waals surface area contributed by atoms with Crippen molar-refractivity contribution in [3.8, 4) is 0 Å². The molecule has 1 aromatic carbocycles. The van der Waals surface area contributed by atoms with Gasteiger partial charge in [0.05, 0.1) is 5.60 Å². The number of benzene rings is 1. The molecule has 0 heterocycles. The van der Waals surface area contributed by atoms with Gasteiger partial charge in [-0.3, -0.25) is 4.79 Å². The largest absolute Gasteiger partial charge is 0.388 e. The van der Waals surface area contributed by atoms with E-state index in [1.807, 2.05) is 0 Å². The van der Waals surface area contributed by atoms with E-state index in [2.05, 4.69) is 19.2 Å². The predicted octanol–water partition coefficient (Wildman–Crippen LogP) is 3.20. The zero-order valence-electron chi connectivity index (χ0n) is 13.0. The summed E-state index contributed by atoms with van der Waals surface area (Å²) in [7, 11) is 0. The molecule has 2 N–H and O–H groups in total. The second-order valence-electron chi connectivity index (χ2n) is 7.04. The lowest BCUT2D eigenvalue weighted by atomic mass is 9.71. The monoisotopic (exact) mass is 293 g/mol. The standard InChI is InChI=1S/C17H24FNO2/c1-12-4-5-13(10-14(12)18)15(20)19-11-17(21)8-6-16(2,3)7-9-17/h4-5,10,21H,6-9,11H2,1-3H3,(H,19,20). The van der Waals surface area contributed by atoms with Crippen molar-refractivity contribution in [3.63, 3.8) is 0 Å². The summed E-state index contributed by atoms with van der Waals surface area (Å²) >= 11 is 0. The Kier molecular flexibility index (Phi) is 4.38. The summed E-state index contributed by atoms with van der Waals surface area (Å²) in [5.41, 5.74) is 0.225. The van der Waals surface area contributed by atoms with Crippen LogP contribution in [0.2, 0.25) is 0 Å². The predicted molar refractivity (Wildman–Crippen MR) is 80.7 cm³/mol. The van der Waals surface area contributed by atoms with Crippen LogP contribution in [0.15, 0.2) is 18.2 Å². The van der Waals surface area contributed by atoms with Crippen LogP contribution in [0.5, 0.6) is 0 Å². The van der Waals surface area contributed by atoms with Gasteiger partial charge < -0.3 is 10.4 Å². The fourth-order valence-corrected chi connectivity index (χ4v) is 2.65. The van der Waals surface area contributed by atoms with Gasteiger partial charge in [0, 0.05) is 12.1 Å². The van der Waals surface area contributed by atoms with Crippen molar-refractivity contribution in [2.24, 2.45) is 5.41 Å². The Morgan fingerprint density at radius 3 is 2.48 bits per heavy atom. The van der Waals surface area contributed by atoms with Crippen LogP contribution in [0.3, 0.4) is 0 Å². The number of rotatable bonds is 3. The zero-order valence-corrected chi connectivity index (χ0v) is 13.0. The Bertz CT molecular complexity index is 530. The molecule has 0 unspecified atom stereocenters. The normalized spacial score (nSPS) is 20.0. The lowest BCUT2D eigenvalue weighted by Gasteiger charge is -2.40. The average Bonchev–Trinajstić information content (AvgIpc) is 2.43. The first-order chi connectivity index (χ1) is 9.71. The van der Waals surface area contributed by atoms with E-state index in [-0.39, 0.29) is 29.2 Å². The van der Waals surface area contributed by atoms with Gasteiger partial charge in [0.25, 0.3) is 5.91 Å². The summed E-state index contributed by atoms with van der Waals surface area (Å²) in [6.45, 7) is 6.27. The first-order valence-corrected chi connectivity index (χ1v) is 7.48. The second-order valence-corrected chi connectivity index (χ2v) is 7.04. The molecule has 1 aliphatic carbocycles. The van der Waals surface area contributed by atoms with Gasteiger partial charge in [0.2, 0.25) is 0 Å². The van der Waals surface area contributed by atoms with Crippen LogP contribution >= 0.6 is 0 Å². The molecular formula is C17H24FNO2. The van der Waals surface area contributed by atoms with E-state index in [9.17, 15) is 14.3 Å². The van der Waals surface area contributed by atoms with Crippen molar-refractivity contribution in [2.45, 2.75) is 52.1 Å². The van der Waals surface area contributed by atoms with E-state index in [0.29, 0.717) is 18.4 Å². The number of hydrogen-bond acceptors (Lipinski definition) is 2. The molecule has 0 aromatic heterocycles. The lowest BCUT2D eigenvalue weighted by molar-refractivity contribution is -0.0233. The van der Waals surface area contributed by atoms with Crippen LogP contribution in [-0.4, -0.2) is 23.2 Å². The molecular weight excluding hydrogens is 269 g/mol. The fourth-order valence-electron chi connectivity index (χ4n) is 2.65. The van der Waals surface area contributed by atoms with Gasteiger partial charge in [-0.25, -0.2) is 4.39 Å². The molecule has 0 aliphatic heterocycles. The molecule has 0 spiro atoms. The number of carbonyl (C=O) groups is 1. The van der Waals surface area contributed by atoms with E-state index in [0.717, 1.165) is 12.8 Å². The summed E-state index contributed by atoms with van der Waals surface area (Å²) in [5, 5.41) is 13.2. The third-order valence-electron chi connectivity index (χ3n) is 4.55. The maximum absolute atomic E-state index is 13.5. The van der Waals surface area contributed by atoms with Gasteiger partial charge in [0.15, 0.2) is 0 Å². The molecule has 0 atom stereocenters. The van der Waals surface area contributed by atoms with E-state index < -0.39 is 5.60 Å². The number of amides is 1. The molecule has 1 fully saturated rings. The quantitative estimate of drug-likeness (QED) is 0.899. The minimum atomic E-state index is -0.839. The molecule has 4 heteroatoms. The fraction of sp³-hybridized carbons (Fsp3) is 0.588. The lowest BCUT2D eigenvalue weighted by Crippen LogP contribution is -2.46. The molecule has 1 saturated carbocycles. The Labute approximate surface area is 125 Å². The molecule has 0 bridgehead atoms. The van der Waals surface area contributed by atoms with Crippen molar-refractivity contribution in [1.29, 1.82) is 0 Å². The van der Waals surface area contributed by atoms with E-state index in [1.54, 1.807) is 19.1 Å². The molecule has 0 radical (unpaired) electrons. The molecule has 116 valence electrons. The molecule has 1 aliphatic rings. The molecule has 21 heavy (non-hydrogen) atoms. The van der Waals surface area contributed by atoms with Crippen LogP contribution in [0, 0.1) is 18.2 Å². The number of halogens is 1. The van der Waals surface area contributed by atoms with Crippen LogP contribution < -0.4 is 5.32 Å². The van der Waals surface area contributed by atoms with Crippen LogP contribution in [0.1, 0.15) is 55.5 Å². The maximum Gasteiger partial charge on any atom is 0.251 e. The Balaban J connectivity index is 1.93. The Hall–Kier alpha value is -1.42. The highest BCUT2D eigenvalue weighted by Gasteiger charge is 2.36. The topological polar surface area (TPSA) is 49.3 Å². The summed E-state index contributed by atoms with van der Waals surface area (Å²) in [5.74, 6) is -0.729. The van der Waals surface area contributed by atoms with Crippen LogP contribution in [0.25, 0.3) is 0 Å². The van der Waals surface area contributed by atoms with Crippen molar-refractivity contribution >= 4 is 5.91 Å². The highest BCUT2D eigenvalue weighted by atomic mass is 19.1. The summed E-state index contributed by atoms with van der Waals surface area (Å²) in [6, 6.07) is 4.42. The highest BCUT2D eigenvalue weighted by molar-refractivity contribution is 5.94. The van der Waals surface area contributed by atoms with E-state index in [4.69, 9.17) is 0 Å². The number of carbonyl (C=O) groups excluding carboxylic acids is 1. The van der Waals surface area contributed by atoms with Crippen LogP contribution in [0.4, 0.5) is 4.39 Å². The molecule has 3 nitrogen and oxygen atoms in total. The van der Waals surface area contributed by atoms with Crippen molar-refractivity contribution in [1.82, 2.24) is 5.32 Å². The smallest absolute Gasteiger partial charge is 0.251 e. The summed E-state index contributed by atoms with van der Waals surface area (Å²) in [4.78, 5) is 12.0. The van der Waals surface area contributed by atoms with Crippen LogP contribution in [-0.2, 0) is 0 Å².